The van der Waals surface area contributed by atoms with E-state index in [1.165, 1.54) is 24.3 Å². The first-order valence-electron chi connectivity index (χ1n) is 6.81. The molecule has 1 saturated carbocycles. The van der Waals surface area contributed by atoms with Crippen LogP contribution in [0.3, 0.4) is 0 Å². The van der Waals surface area contributed by atoms with Gasteiger partial charge in [-0.05, 0) is 49.2 Å². The Morgan fingerprint density at radius 1 is 1.14 bits per heavy atom. The van der Waals surface area contributed by atoms with Crippen LogP contribution < -0.4 is 15.7 Å². The molecule has 2 aromatic rings. The minimum absolute atomic E-state index is 0.0423. The highest BCUT2D eigenvalue weighted by Crippen LogP contribution is 2.42. The summed E-state index contributed by atoms with van der Waals surface area (Å²) in [4.78, 5) is 11.3. The van der Waals surface area contributed by atoms with Gasteiger partial charge in [0.1, 0.15) is 5.58 Å². The lowest BCUT2D eigenvalue weighted by Gasteiger charge is -2.09. The van der Waals surface area contributed by atoms with Crippen molar-refractivity contribution in [1.82, 2.24) is 10.0 Å². The summed E-state index contributed by atoms with van der Waals surface area (Å²) in [5.74, 6) is 0.830. The van der Waals surface area contributed by atoms with E-state index >= 15 is 0 Å². The number of rotatable bonds is 3. The van der Waals surface area contributed by atoms with Gasteiger partial charge in [-0.25, -0.2) is 17.9 Å². The molecule has 0 spiro atoms. The molecule has 110 valence electrons. The van der Waals surface area contributed by atoms with Gasteiger partial charge in [0, 0.05) is 17.5 Å². The van der Waals surface area contributed by atoms with E-state index < -0.39 is 15.6 Å². The highest BCUT2D eigenvalue weighted by Gasteiger charge is 2.54. The average Bonchev–Trinajstić information content (AvgIpc) is 2.87. The molecule has 2 unspecified atom stereocenters. The molecule has 0 amide bonds. The molecule has 2 heterocycles. The molecule has 7 heteroatoms. The zero-order chi connectivity index (χ0) is 14.6. The molecule has 2 atom stereocenters. The first-order chi connectivity index (χ1) is 10.0. The van der Waals surface area contributed by atoms with E-state index in [0.29, 0.717) is 22.8 Å². The predicted molar refractivity (Wildman–Crippen MR) is 76.4 cm³/mol. The molecule has 6 nitrogen and oxygen atoms in total. The Kier molecular flexibility index (Phi) is 2.72. The highest BCUT2D eigenvalue weighted by molar-refractivity contribution is 7.89. The van der Waals surface area contributed by atoms with Crippen LogP contribution in [0.4, 0.5) is 0 Å². The van der Waals surface area contributed by atoms with E-state index in [0.717, 1.165) is 13.1 Å². The molecule has 4 rings (SSSR count). The summed E-state index contributed by atoms with van der Waals surface area (Å²) in [7, 11) is -3.54. The van der Waals surface area contributed by atoms with E-state index in [9.17, 15) is 13.2 Å². The zero-order valence-corrected chi connectivity index (χ0v) is 11.9. The average molecular weight is 306 g/mol. The summed E-state index contributed by atoms with van der Waals surface area (Å²) >= 11 is 0. The van der Waals surface area contributed by atoms with Crippen LogP contribution in [0.15, 0.2) is 44.4 Å². The van der Waals surface area contributed by atoms with Crippen molar-refractivity contribution in [3.8, 4) is 0 Å². The van der Waals surface area contributed by atoms with Gasteiger partial charge in [-0.15, -0.1) is 0 Å². The van der Waals surface area contributed by atoms with Crippen LogP contribution in [0.1, 0.15) is 0 Å². The molecule has 1 aromatic carbocycles. The van der Waals surface area contributed by atoms with Gasteiger partial charge in [0.25, 0.3) is 0 Å². The Bertz CT molecular complexity index is 864. The Morgan fingerprint density at radius 2 is 1.90 bits per heavy atom. The largest absolute Gasteiger partial charge is 0.423 e. The molecule has 0 bridgehead atoms. The van der Waals surface area contributed by atoms with Crippen molar-refractivity contribution in [1.29, 1.82) is 0 Å². The lowest BCUT2D eigenvalue weighted by atomic mass is 10.2. The maximum absolute atomic E-state index is 12.4. The van der Waals surface area contributed by atoms with Gasteiger partial charge in [0.2, 0.25) is 10.0 Å². The Balaban J connectivity index is 1.65. The first-order valence-corrected chi connectivity index (χ1v) is 8.30. The second kappa shape index (κ2) is 4.40. The van der Waals surface area contributed by atoms with Gasteiger partial charge < -0.3 is 9.73 Å². The third-order valence-electron chi connectivity index (χ3n) is 4.28. The van der Waals surface area contributed by atoms with Gasteiger partial charge in [-0.3, -0.25) is 0 Å². The van der Waals surface area contributed by atoms with E-state index in [4.69, 9.17) is 4.42 Å². The number of fused-ring (bicyclic) bond motifs is 2. The summed E-state index contributed by atoms with van der Waals surface area (Å²) in [6.45, 7) is 1.75. The first kappa shape index (κ1) is 13.0. The molecule has 2 fully saturated rings. The van der Waals surface area contributed by atoms with Crippen molar-refractivity contribution >= 4 is 21.0 Å². The maximum atomic E-state index is 12.4. The minimum atomic E-state index is -3.54. The van der Waals surface area contributed by atoms with Crippen LogP contribution in [0.5, 0.6) is 0 Å². The minimum Gasteiger partial charge on any atom is -0.423 e. The van der Waals surface area contributed by atoms with E-state index in [1.807, 2.05) is 0 Å². The number of piperidine rings is 1. The molecule has 1 aromatic heterocycles. The van der Waals surface area contributed by atoms with Crippen molar-refractivity contribution in [2.75, 3.05) is 13.1 Å². The Hall–Kier alpha value is -1.70. The summed E-state index contributed by atoms with van der Waals surface area (Å²) in [6, 6.07) is 7.39. The van der Waals surface area contributed by atoms with Crippen LogP contribution in [-0.4, -0.2) is 27.5 Å². The third kappa shape index (κ3) is 2.17. The molecule has 1 saturated heterocycles. The second-order valence-corrected chi connectivity index (χ2v) is 7.30. The van der Waals surface area contributed by atoms with Crippen molar-refractivity contribution in [3.63, 3.8) is 0 Å². The van der Waals surface area contributed by atoms with Gasteiger partial charge in [0.15, 0.2) is 0 Å². The monoisotopic (exact) mass is 306 g/mol. The lowest BCUT2D eigenvalue weighted by molar-refractivity contribution is 0.559. The van der Waals surface area contributed by atoms with Gasteiger partial charge >= 0.3 is 5.63 Å². The van der Waals surface area contributed by atoms with Crippen molar-refractivity contribution < 1.29 is 12.8 Å². The third-order valence-corrected chi connectivity index (χ3v) is 5.74. The summed E-state index contributed by atoms with van der Waals surface area (Å²) in [5.41, 5.74) is -0.0662. The van der Waals surface area contributed by atoms with Crippen LogP contribution in [0.2, 0.25) is 0 Å². The van der Waals surface area contributed by atoms with E-state index in [1.54, 1.807) is 6.07 Å². The highest BCUT2D eigenvalue weighted by atomic mass is 32.2. The smallest absolute Gasteiger partial charge is 0.336 e. The number of hydrogen-bond acceptors (Lipinski definition) is 5. The topological polar surface area (TPSA) is 88.4 Å². The second-order valence-electron chi connectivity index (χ2n) is 5.59. The van der Waals surface area contributed by atoms with Crippen molar-refractivity contribution in [3.05, 3.63) is 40.8 Å². The summed E-state index contributed by atoms with van der Waals surface area (Å²) in [5, 5.41) is 3.82. The van der Waals surface area contributed by atoms with Gasteiger partial charge in [-0.1, -0.05) is 0 Å². The van der Waals surface area contributed by atoms with E-state index in [2.05, 4.69) is 10.0 Å². The van der Waals surface area contributed by atoms with Crippen molar-refractivity contribution in [2.24, 2.45) is 11.8 Å². The van der Waals surface area contributed by atoms with E-state index in [-0.39, 0.29) is 10.9 Å². The lowest BCUT2D eigenvalue weighted by Crippen LogP contribution is -2.32. The fraction of sp³-hybridized carbons (Fsp3) is 0.357. The summed E-state index contributed by atoms with van der Waals surface area (Å²) < 4.78 is 32.6. The quantitative estimate of drug-likeness (QED) is 0.796. The normalized spacial score (nSPS) is 27.7. The van der Waals surface area contributed by atoms with Crippen LogP contribution in [-0.2, 0) is 10.0 Å². The van der Waals surface area contributed by atoms with Crippen LogP contribution >= 0.6 is 0 Å². The SMILES string of the molecule is O=c1ccc2cc(S(=O)(=O)NC3C4CNCC43)ccc2o1. The van der Waals surface area contributed by atoms with Gasteiger partial charge in [-0.2, -0.15) is 0 Å². The molecule has 1 aliphatic carbocycles. The Morgan fingerprint density at radius 3 is 2.67 bits per heavy atom. The fourth-order valence-corrected chi connectivity index (χ4v) is 4.43. The molecule has 21 heavy (non-hydrogen) atoms. The predicted octanol–water partition coefficient (Wildman–Crippen LogP) is 0.289. The molecular weight excluding hydrogens is 292 g/mol. The molecule has 2 N–H and O–H groups in total. The molecule has 1 aliphatic heterocycles. The zero-order valence-electron chi connectivity index (χ0n) is 11.1. The number of sulfonamides is 1. The number of benzene rings is 1. The van der Waals surface area contributed by atoms with Crippen molar-refractivity contribution in [2.45, 2.75) is 10.9 Å². The number of hydrogen-bond donors (Lipinski definition) is 2. The molecule has 2 aliphatic rings. The fourth-order valence-electron chi connectivity index (χ4n) is 3.06. The molecular formula is C14H14N2O4S. The van der Waals surface area contributed by atoms with Crippen LogP contribution in [0, 0.1) is 11.8 Å². The maximum Gasteiger partial charge on any atom is 0.336 e. The van der Waals surface area contributed by atoms with Gasteiger partial charge in [0.05, 0.1) is 4.90 Å². The Labute approximate surface area is 121 Å². The van der Waals surface area contributed by atoms with Crippen LogP contribution in [0.25, 0.3) is 11.0 Å². The number of nitrogens with one attached hydrogen (secondary N) is 2. The standard InChI is InChI=1S/C14H14N2O4S/c17-13-4-1-8-5-9(2-3-12(8)20-13)21(18,19)16-14-10-6-15-7-11(10)14/h1-5,10-11,14-16H,6-7H2. The summed E-state index contributed by atoms with van der Waals surface area (Å²) in [6.07, 6.45) is 0. The molecule has 0 radical (unpaired) electrons.